The minimum Gasteiger partial charge on any atom is -0.488 e. The van der Waals surface area contributed by atoms with E-state index in [-0.39, 0.29) is 37.2 Å². The van der Waals surface area contributed by atoms with Crippen molar-refractivity contribution >= 4 is 24.8 Å². The molecule has 0 atom stereocenters. The zero-order chi connectivity index (χ0) is 17.9. The largest absolute Gasteiger partial charge is 0.488 e. The Labute approximate surface area is 175 Å². The Morgan fingerprint density at radius 2 is 1.56 bits per heavy atom. The molecule has 2 aromatic rings. The van der Waals surface area contributed by atoms with Crippen molar-refractivity contribution in [3.63, 3.8) is 0 Å². The van der Waals surface area contributed by atoms with Crippen molar-refractivity contribution < 1.29 is 9.13 Å². The van der Waals surface area contributed by atoms with Crippen LogP contribution in [0.1, 0.15) is 31.4 Å². The smallest absolute Gasteiger partial charge is 0.129 e. The van der Waals surface area contributed by atoms with Gasteiger partial charge in [-0.1, -0.05) is 50.2 Å². The van der Waals surface area contributed by atoms with Crippen molar-refractivity contribution in [2.24, 2.45) is 0 Å². The van der Waals surface area contributed by atoms with Gasteiger partial charge in [0.1, 0.15) is 18.2 Å². The van der Waals surface area contributed by atoms with E-state index in [9.17, 15) is 4.39 Å². The minimum absolute atomic E-state index is 0. The fraction of sp³-hybridized carbons (Fsp3) is 0.429. The van der Waals surface area contributed by atoms with Gasteiger partial charge in [-0.2, -0.15) is 0 Å². The van der Waals surface area contributed by atoms with Crippen LogP contribution in [0.3, 0.4) is 0 Å². The Hall–Kier alpha value is -1.33. The van der Waals surface area contributed by atoms with Gasteiger partial charge in [-0.3, -0.25) is 0 Å². The number of hydrogen-bond donors (Lipinski definition) is 1. The molecule has 2 rings (SSSR count). The molecule has 0 bridgehead atoms. The van der Waals surface area contributed by atoms with Gasteiger partial charge in [0.05, 0.1) is 0 Å². The van der Waals surface area contributed by atoms with Gasteiger partial charge in [0.2, 0.25) is 0 Å². The maximum atomic E-state index is 13.7. The van der Waals surface area contributed by atoms with Crippen LogP contribution in [0.5, 0.6) is 5.75 Å². The van der Waals surface area contributed by atoms with E-state index in [0.29, 0.717) is 5.56 Å². The molecule has 3 nitrogen and oxygen atoms in total. The maximum absolute atomic E-state index is 13.7. The Kier molecular flexibility index (Phi) is 14.0. The summed E-state index contributed by atoms with van der Waals surface area (Å²) >= 11 is 0. The summed E-state index contributed by atoms with van der Waals surface area (Å²) in [6.45, 7) is 9.67. The van der Waals surface area contributed by atoms with Gasteiger partial charge in [0.15, 0.2) is 0 Å². The lowest BCUT2D eigenvalue weighted by Crippen LogP contribution is -2.27. The highest BCUT2D eigenvalue weighted by Crippen LogP contribution is 2.20. The molecule has 152 valence electrons. The molecule has 0 aliphatic rings. The van der Waals surface area contributed by atoms with Gasteiger partial charge < -0.3 is 15.0 Å². The summed E-state index contributed by atoms with van der Waals surface area (Å²) in [4.78, 5) is 2.42. The number of nitrogens with one attached hydrogen (secondary N) is 1. The maximum Gasteiger partial charge on any atom is 0.129 e. The highest BCUT2D eigenvalue weighted by Gasteiger charge is 2.06. The molecular weight excluding hydrogens is 386 g/mol. The SMILES string of the molecule is CCN(CC)CCCNCc1ccccc1OCc1ccccc1F.Cl.Cl. The van der Waals surface area contributed by atoms with Crippen LogP contribution in [-0.2, 0) is 13.2 Å². The van der Waals surface area contributed by atoms with Gasteiger partial charge in [-0.25, -0.2) is 4.39 Å². The van der Waals surface area contributed by atoms with Crippen LogP contribution >= 0.6 is 24.8 Å². The summed E-state index contributed by atoms with van der Waals surface area (Å²) in [6, 6.07) is 14.7. The third-order valence-corrected chi connectivity index (χ3v) is 4.35. The number of nitrogens with zero attached hydrogens (tertiary/aromatic N) is 1. The molecule has 0 spiro atoms. The molecule has 0 fully saturated rings. The van der Waals surface area contributed by atoms with E-state index in [1.165, 1.54) is 6.07 Å². The Balaban J connectivity index is 0.00000338. The van der Waals surface area contributed by atoms with Gasteiger partial charge in [0, 0.05) is 17.7 Å². The van der Waals surface area contributed by atoms with Crippen molar-refractivity contribution in [2.75, 3.05) is 26.2 Å². The molecule has 0 aromatic heterocycles. The van der Waals surface area contributed by atoms with E-state index < -0.39 is 0 Å². The van der Waals surface area contributed by atoms with Crippen molar-refractivity contribution in [3.05, 3.63) is 65.5 Å². The molecule has 0 aliphatic carbocycles. The fourth-order valence-electron chi connectivity index (χ4n) is 2.75. The van der Waals surface area contributed by atoms with E-state index in [0.717, 1.165) is 50.5 Å². The van der Waals surface area contributed by atoms with E-state index in [1.54, 1.807) is 12.1 Å². The molecule has 0 radical (unpaired) electrons. The summed E-state index contributed by atoms with van der Waals surface area (Å²) in [5, 5.41) is 3.47. The number of benzene rings is 2. The predicted molar refractivity (Wildman–Crippen MR) is 116 cm³/mol. The molecule has 6 heteroatoms. The first-order valence-electron chi connectivity index (χ1n) is 9.11. The number of rotatable bonds is 11. The lowest BCUT2D eigenvalue weighted by atomic mass is 10.2. The van der Waals surface area contributed by atoms with Gasteiger partial charge in [-0.05, 0) is 44.7 Å². The quantitative estimate of drug-likeness (QED) is 0.517. The van der Waals surface area contributed by atoms with Crippen LogP contribution in [0.15, 0.2) is 48.5 Å². The number of para-hydroxylation sites is 1. The van der Waals surface area contributed by atoms with E-state index in [4.69, 9.17) is 4.74 Å². The number of halogens is 3. The van der Waals surface area contributed by atoms with E-state index in [1.807, 2.05) is 30.3 Å². The van der Waals surface area contributed by atoms with Crippen molar-refractivity contribution in [1.29, 1.82) is 0 Å². The molecular formula is C21H31Cl2FN2O. The molecule has 1 N–H and O–H groups in total. The molecule has 2 aromatic carbocycles. The van der Waals surface area contributed by atoms with Crippen molar-refractivity contribution in [3.8, 4) is 5.75 Å². The Bertz CT molecular complexity index is 639. The molecule has 0 amide bonds. The molecule has 0 saturated heterocycles. The van der Waals surface area contributed by atoms with Crippen LogP contribution in [0.4, 0.5) is 4.39 Å². The Morgan fingerprint density at radius 3 is 2.22 bits per heavy atom. The van der Waals surface area contributed by atoms with Crippen molar-refractivity contribution in [1.82, 2.24) is 10.2 Å². The molecule has 0 heterocycles. The second kappa shape index (κ2) is 14.7. The average Bonchev–Trinajstić information content (AvgIpc) is 2.65. The summed E-state index contributed by atoms with van der Waals surface area (Å²) < 4.78 is 19.6. The van der Waals surface area contributed by atoms with Crippen LogP contribution in [0, 0.1) is 5.82 Å². The number of ether oxygens (including phenoxy) is 1. The summed E-state index contributed by atoms with van der Waals surface area (Å²) in [7, 11) is 0. The first kappa shape index (κ1) is 25.7. The monoisotopic (exact) mass is 416 g/mol. The first-order valence-corrected chi connectivity index (χ1v) is 9.11. The van der Waals surface area contributed by atoms with Crippen LogP contribution in [0.2, 0.25) is 0 Å². The third kappa shape index (κ3) is 8.93. The van der Waals surface area contributed by atoms with E-state index >= 15 is 0 Å². The van der Waals surface area contributed by atoms with Crippen molar-refractivity contribution in [2.45, 2.75) is 33.4 Å². The highest BCUT2D eigenvalue weighted by atomic mass is 35.5. The molecule has 0 saturated carbocycles. The highest BCUT2D eigenvalue weighted by molar-refractivity contribution is 5.85. The zero-order valence-corrected chi connectivity index (χ0v) is 17.8. The molecule has 0 aliphatic heterocycles. The normalized spacial score (nSPS) is 10.2. The second-order valence-corrected chi connectivity index (χ2v) is 6.05. The van der Waals surface area contributed by atoms with Crippen LogP contribution < -0.4 is 10.1 Å². The fourth-order valence-corrected chi connectivity index (χ4v) is 2.75. The molecule has 27 heavy (non-hydrogen) atoms. The summed E-state index contributed by atoms with van der Waals surface area (Å²) in [5.41, 5.74) is 1.67. The number of hydrogen-bond acceptors (Lipinski definition) is 3. The standard InChI is InChI=1S/C21H29FN2O.2ClH/c1-3-24(4-2)15-9-14-23-16-18-10-6-8-13-21(18)25-17-19-11-5-7-12-20(19)22;;/h5-8,10-13,23H,3-4,9,14-17H2,1-2H3;2*1H. The second-order valence-electron chi connectivity index (χ2n) is 6.05. The molecule has 0 unspecified atom stereocenters. The lowest BCUT2D eigenvalue weighted by Gasteiger charge is -2.18. The topological polar surface area (TPSA) is 24.5 Å². The lowest BCUT2D eigenvalue weighted by molar-refractivity contribution is 0.293. The summed E-state index contributed by atoms with van der Waals surface area (Å²) in [6.07, 6.45) is 1.12. The van der Waals surface area contributed by atoms with Gasteiger partial charge in [0.25, 0.3) is 0 Å². The van der Waals surface area contributed by atoms with Crippen LogP contribution in [-0.4, -0.2) is 31.1 Å². The van der Waals surface area contributed by atoms with Crippen LogP contribution in [0.25, 0.3) is 0 Å². The van der Waals surface area contributed by atoms with Gasteiger partial charge in [-0.15, -0.1) is 24.8 Å². The predicted octanol–water partition coefficient (Wildman–Crippen LogP) is 5.07. The summed E-state index contributed by atoms with van der Waals surface area (Å²) in [5.74, 6) is 0.580. The van der Waals surface area contributed by atoms with Gasteiger partial charge >= 0.3 is 0 Å². The average molecular weight is 417 g/mol. The first-order chi connectivity index (χ1) is 12.2. The zero-order valence-electron chi connectivity index (χ0n) is 16.1. The minimum atomic E-state index is -0.227. The third-order valence-electron chi connectivity index (χ3n) is 4.35. The Morgan fingerprint density at radius 1 is 0.926 bits per heavy atom. The van der Waals surface area contributed by atoms with E-state index in [2.05, 4.69) is 24.1 Å².